The summed E-state index contributed by atoms with van der Waals surface area (Å²) in [5.41, 5.74) is -4.52. The molecule has 4 N–H and O–H groups in total. The van der Waals surface area contributed by atoms with Crippen LogP contribution in [0.2, 0.25) is 0 Å². The van der Waals surface area contributed by atoms with Crippen LogP contribution < -0.4 is 0 Å². The zero-order valence-corrected chi connectivity index (χ0v) is 26.0. The third-order valence-corrected chi connectivity index (χ3v) is 9.81. The van der Waals surface area contributed by atoms with Gasteiger partial charge in [0.1, 0.15) is 28.6 Å². The van der Waals surface area contributed by atoms with Crippen LogP contribution in [-0.4, -0.2) is 49.2 Å². The van der Waals surface area contributed by atoms with Crippen molar-refractivity contribution >= 4 is 28.9 Å². The van der Waals surface area contributed by atoms with Gasteiger partial charge >= 0.3 is 0 Å². The van der Waals surface area contributed by atoms with Crippen LogP contribution >= 0.6 is 0 Å². The van der Waals surface area contributed by atoms with E-state index in [0.29, 0.717) is 18.4 Å². The Morgan fingerprint density at radius 2 is 1.67 bits per heavy atom. The number of phenols is 1. The molecule has 1 fully saturated rings. The lowest BCUT2D eigenvalue weighted by molar-refractivity contribution is -0.178. The monoisotopic (exact) mass is 580 g/mol. The molecule has 4 atom stereocenters. The zero-order chi connectivity index (χ0) is 31.7. The Hall–Kier alpha value is -3.26. The van der Waals surface area contributed by atoms with Crippen LogP contribution in [-0.2, 0) is 32.0 Å². The molecule has 0 aliphatic heterocycles. The molecule has 8 nitrogen and oxygen atoms in total. The first kappa shape index (κ1) is 31.7. The minimum absolute atomic E-state index is 0.0314. The van der Waals surface area contributed by atoms with E-state index in [1.807, 2.05) is 0 Å². The van der Waals surface area contributed by atoms with Crippen molar-refractivity contribution in [2.75, 3.05) is 0 Å². The summed E-state index contributed by atoms with van der Waals surface area (Å²) < 4.78 is 0. The molecular weight excluding hydrogens is 536 g/mol. The summed E-state index contributed by atoms with van der Waals surface area (Å²) in [5, 5.41) is 45.8. The van der Waals surface area contributed by atoms with Crippen LogP contribution in [0.25, 0.3) is 5.76 Å². The maximum Gasteiger partial charge on any atom is 0.203 e. The summed E-state index contributed by atoms with van der Waals surface area (Å²) in [6, 6.07) is 3.14. The molecule has 1 unspecified atom stereocenters. The first-order chi connectivity index (χ1) is 19.2. The molecule has 1 aromatic rings. The lowest BCUT2D eigenvalue weighted by Crippen LogP contribution is -2.69. The Bertz CT molecular complexity index is 1450. The number of allylic oxidation sites excluding steroid dienone is 1. The van der Waals surface area contributed by atoms with Gasteiger partial charge < -0.3 is 20.4 Å². The summed E-state index contributed by atoms with van der Waals surface area (Å²) in [6.07, 6.45) is 2.11. The van der Waals surface area contributed by atoms with Gasteiger partial charge in [-0.2, -0.15) is 0 Å². The number of ketones is 4. The summed E-state index contributed by atoms with van der Waals surface area (Å²) >= 11 is 0. The highest BCUT2D eigenvalue weighted by Crippen LogP contribution is 2.65. The standard InChI is InChI=1S/C34H44O8/c1-17(2)25-27(38)23(18(3)35)29(40)34(42)30(41)26-28(39)24-21(15-32(26,7)16-33(25,34)8)19(10-12-22(24)37)9-11-20(36)13-14-31(4,5)6/h10,12,17,25,37,39-40,42H,9,11,13-16H2,1-8H3/t25?,32-,33-,34+/m1/s1. The minimum Gasteiger partial charge on any atom is -0.508 e. The van der Waals surface area contributed by atoms with E-state index in [0.717, 1.165) is 18.9 Å². The largest absolute Gasteiger partial charge is 0.508 e. The second-order valence-corrected chi connectivity index (χ2v) is 14.7. The van der Waals surface area contributed by atoms with Crippen LogP contribution in [0, 0.1) is 28.1 Å². The Balaban J connectivity index is 1.87. The van der Waals surface area contributed by atoms with Gasteiger partial charge in [-0.1, -0.05) is 54.5 Å². The minimum atomic E-state index is -2.64. The van der Waals surface area contributed by atoms with E-state index in [4.69, 9.17) is 0 Å². The van der Waals surface area contributed by atoms with E-state index in [9.17, 15) is 39.6 Å². The highest BCUT2D eigenvalue weighted by Gasteiger charge is 2.72. The fourth-order valence-electron chi connectivity index (χ4n) is 7.93. The average Bonchev–Trinajstić information content (AvgIpc) is 2.83. The highest BCUT2D eigenvalue weighted by molar-refractivity contribution is 6.24. The summed E-state index contributed by atoms with van der Waals surface area (Å²) in [7, 11) is 0. The van der Waals surface area contributed by atoms with Gasteiger partial charge in [-0.3, -0.25) is 19.2 Å². The smallest absolute Gasteiger partial charge is 0.203 e. The number of fused-ring (bicyclic) bond motifs is 3. The van der Waals surface area contributed by atoms with Crippen molar-refractivity contribution in [3.63, 3.8) is 0 Å². The van der Waals surface area contributed by atoms with Crippen molar-refractivity contribution in [1.29, 1.82) is 0 Å². The van der Waals surface area contributed by atoms with Crippen LogP contribution in [0.3, 0.4) is 0 Å². The number of benzene rings is 1. The SMILES string of the molecule is CC(=O)C1=C(O)[C@]2(O)C(=O)C3=C(O)c4c(O)ccc(CCC(=O)CCC(C)(C)C)c4C[C@]3(C)C[C@]2(C)C(C(C)C)C1=O. The predicted molar refractivity (Wildman–Crippen MR) is 158 cm³/mol. The van der Waals surface area contributed by atoms with Crippen LogP contribution in [0.5, 0.6) is 5.75 Å². The number of phenolic OH excluding ortho intramolecular Hbond substituents is 1. The molecule has 0 spiro atoms. The fourth-order valence-corrected chi connectivity index (χ4v) is 7.93. The predicted octanol–water partition coefficient (Wildman–Crippen LogP) is 5.52. The maximum absolute atomic E-state index is 14.4. The Labute approximate surface area is 247 Å². The van der Waals surface area contributed by atoms with Gasteiger partial charge in [-0.05, 0) is 61.1 Å². The molecule has 0 aromatic heterocycles. The number of carbonyl (C=O) groups excluding carboxylic acids is 4. The number of aryl methyl sites for hydroxylation is 1. The fraction of sp³-hybridized carbons (Fsp3) is 0.588. The van der Waals surface area contributed by atoms with Crippen molar-refractivity contribution in [3.8, 4) is 5.75 Å². The van der Waals surface area contributed by atoms with Gasteiger partial charge in [0.25, 0.3) is 0 Å². The Morgan fingerprint density at radius 1 is 1.05 bits per heavy atom. The first-order valence-corrected chi connectivity index (χ1v) is 14.8. The Kier molecular flexibility index (Phi) is 7.68. The number of hydrogen-bond donors (Lipinski definition) is 4. The van der Waals surface area contributed by atoms with Gasteiger partial charge in [0.15, 0.2) is 17.2 Å². The Morgan fingerprint density at radius 3 is 2.21 bits per heavy atom. The van der Waals surface area contributed by atoms with Gasteiger partial charge in [-0.15, -0.1) is 0 Å². The third kappa shape index (κ3) is 4.62. The second kappa shape index (κ2) is 10.2. The summed E-state index contributed by atoms with van der Waals surface area (Å²) in [5.74, 6) is -5.34. The molecule has 3 aliphatic carbocycles. The normalized spacial score (nSPS) is 29.4. The maximum atomic E-state index is 14.4. The molecular formula is C34H44O8. The first-order valence-electron chi connectivity index (χ1n) is 14.8. The zero-order valence-electron chi connectivity index (χ0n) is 26.0. The molecule has 8 heteroatoms. The van der Waals surface area contributed by atoms with Gasteiger partial charge in [-0.25, -0.2) is 0 Å². The molecule has 228 valence electrons. The summed E-state index contributed by atoms with van der Waals surface area (Å²) in [6.45, 7) is 14.2. The number of rotatable bonds is 7. The van der Waals surface area contributed by atoms with E-state index >= 15 is 0 Å². The molecule has 0 heterocycles. The van der Waals surface area contributed by atoms with Crippen LogP contribution in [0.4, 0.5) is 0 Å². The third-order valence-electron chi connectivity index (χ3n) is 9.81. The van der Waals surface area contributed by atoms with Crippen molar-refractivity contribution in [1.82, 2.24) is 0 Å². The number of carbonyl (C=O) groups is 4. The van der Waals surface area contributed by atoms with Gasteiger partial charge in [0.2, 0.25) is 5.78 Å². The van der Waals surface area contributed by atoms with Crippen molar-refractivity contribution in [3.05, 3.63) is 45.7 Å². The molecule has 0 radical (unpaired) electrons. The quantitative estimate of drug-likeness (QED) is 0.308. The van der Waals surface area contributed by atoms with Crippen molar-refractivity contribution < 1.29 is 39.6 Å². The van der Waals surface area contributed by atoms with E-state index in [1.165, 1.54) is 6.07 Å². The van der Waals surface area contributed by atoms with Gasteiger partial charge in [0, 0.05) is 35.2 Å². The topological polar surface area (TPSA) is 149 Å². The van der Waals surface area contributed by atoms with E-state index in [-0.39, 0.29) is 53.3 Å². The molecule has 3 aliphatic rings. The number of aliphatic hydroxyl groups is 3. The lowest BCUT2D eigenvalue weighted by Gasteiger charge is -2.59. The molecule has 1 saturated carbocycles. The molecule has 0 bridgehead atoms. The molecule has 0 saturated heterocycles. The molecule has 0 amide bonds. The lowest BCUT2D eigenvalue weighted by atomic mass is 9.43. The van der Waals surface area contributed by atoms with E-state index in [1.54, 1.807) is 33.8 Å². The average molecular weight is 581 g/mol. The van der Waals surface area contributed by atoms with E-state index in [2.05, 4.69) is 20.8 Å². The van der Waals surface area contributed by atoms with Crippen LogP contribution in [0.15, 0.2) is 29.0 Å². The highest BCUT2D eigenvalue weighted by atomic mass is 16.3. The van der Waals surface area contributed by atoms with Crippen molar-refractivity contribution in [2.45, 2.75) is 99.5 Å². The molecule has 4 rings (SSSR count). The van der Waals surface area contributed by atoms with Crippen molar-refractivity contribution in [2.24, 2.45) is 28.1 Å². The number of aromatic hydroxyl groups is 1. The number of Topliss-reactive ketones (excluding diaryl/α,β-unsaturated/α-hetero) is 4. The van der Waals surface area contributed by atoms with E-state index < -0.39 is 56.8 Å². The summed E-state index contributed by atoms with van der Waals surface area (Å²) in [4.78, 5) is 53.2. The second-order valence-electron chi connectivity index (χ2n) is 14.7. The molecule has 1 aromatic carbocycles. The number of aliphatic hydroxyl groups excluding tert-OH is 2. The van der Waals surface area contributed by atoms with Crippen LogP contribution in [0.1, 0.15) is 97.8 Å². The number of hydrogen-bond acceptors (Lipinski definition) is 8. The van der Waals surface area contributed by atoms with Gasteiger partial charge in [0.05, 0.1) is 5.56 Å². The molecule has 42 heavy (non-hydrogen) atoms.